The van der Waals surface area contributed by atoms with Crippen molar-refractivity contribution in [3.05, 3.63) is 88.1 Å². The predicted octanol–water partition coefficient (Wildman–Crippen LogP) is 4.42. The minimum absolute atomic E-state index is 0.0829. The largest absolute Gasteiger partial charge is 0.378 e. The minimum atomic E-state index is -3.52. The summed E-state index contributed by atoms with van der Waals surface area (Å²) in [5, 5.41) is 0.930. The van der Waals surface area contributed by atoms with E-state index in [0.717, 1.165) is 21.7 Å². The van der Waals surface area contributed by atoms with Gasteiger partial charge in [0.15, 0.2) is 5.78 Å². The van der Waals surface area contributed by atoms with Crippen molar-refractivity contribution in [2.24, 2.45) is 0 Å². The summed E-state index contributed by atoms with van der Waals surface area (Å²) in [6, 6.07) is 15.7. The number of halogens is 1. The summed E-state index contributed by atoms with van der Waals surface area (Å²) in [4.78, 5) is 35.8. The van der Waals surface area contributed by atoms with E-state index in [1.165, 1.54) is 20.2 Å². The molecule has 1 aliphatic rings. The number of anilines is 1. The van der Waals surface area contributed by atoms with Crippen molar-refractivity contribution in [1.82, 2.24) is 14.9 Å². The van der Waals surface area contributed by atoms with Gasteiger partial charge in [-0.15, -0.1) is 0 Å². The second kappa shape index (κ2) is 11.9. The quantitative estimate of drug-likeness (QED) is 0.246. The van der Waals surface area contributed by atoms with Gasteiger partial charge in [0.25, 0.3) is 5.91 Å². The summed E-state index contributed by atoms with van der Waals surface area (Å²) in [5.41, 5.74) is 4.04. The zero-order valence-corrected chi connectivity index (χ0v) is 24.8. The Bertz CT molecular complexity index is 1880. The zero-order valence-electron chi connectivity index (χ0n) is 23.2. The van der Waals surface area contributed by atoms with Gasteiger partial charge in [-0.05, 0) is 43.3 Å². The molecule has 0 radical (unpaired) electrons. The highest BCUT2D eigenvalue weighted by Gasteiger charge is 2.19. The molecule has 1 aliphatic heterocycles. The van der Waals surface area contributed by atoms with Crippen LogP contribution in [0.4, 0.5) is 5.82 Å². The molecule has 0 aliphatic carbocycles. The first-order valence-electron chi connectivity index (χ1n) is 13.1. The normalized spacial score (nSPS) is 13.4. The fourth-order valence-corrected chi connectivity index (χ4v) is 5.12. The van der Waals surface area contributed by atoms with Gasteiger partial charge in [-0.25, -0.2) is 18.4 Å². The number of ether oxygens (including phenoxy) is 1. The Kier molecular flexibility index (Phi) is 8.27. The number of sulfonamides is 1. The molecular weight excluding hydrogens is 576 g/mol. The molecule has 0 N–H and O–H groups in total. The summed E-state index contributed by atoms with van der Waals surface area (Å²) >= 11 is 6.45. The highest BCUT2D eigenvalue weighted by atomic mass is 35.5. The number of carbonyl (C=O) groups excluding carboxylic acids is 2. The fourth-order valence-electron chi connectivity index (χ4n) is 4.45. The van der Waals surface area contributed by atoms with Gasteiger partial charge in [-0.1, -0.05) is 35.6 Å². The Morgan fingerprint density at radius 1 is 1.02 bits per heavy atom. The molecule has 2 aromatic carbocycles. The molecule has 2 aromatic heterocycles. The van der Waals surface area contributed by atoms with E-state index in [4.69, 9.17) is 21.3 Å². The lowest BCUT2D eigenvalue weighted by atomic mass is 10.0. The van der Waals surface area contributed by atoms with E-state index in [1.807, 2.05) is 24.3 Å². The number of ketones is 1. The lowest BCUT2D eigenvalue weighted by molar-refractivity contribution is 0.0303. The number of rotatable bonds is 5. The maximum absolute atomic E-state index is 12.7. The minimum Gasteiger partial charge on any atom is -0.378 e. The SMILES string of the molecule is CC(=O)c1cc(-c2ccc(C#Cc3ccc(C(=O)N4CCOCC4)cc3Cl)cc2)nc2cc(N(C)S(C)(=O)=O)ncc12. The van der Waals surface area contributed by atoms with Crippen molar-refractivity contribution in [2.45, 2.75) is 6.92 Å². The van der Waals surface area contributed by atoms with Crippen LogP contribution in [0.5, 0.6) is 0 Å². The number of nitrogens with zero attached hydrogens (tertiary/aromatic N) is 4. The fraction of sp³-hybridized carbons (Fsp3) is 0.226. The monoisotopic (exact) mass is 602 g/mol. The molecular formula is C31H27ClN4O5S. The predicted molar refractivity (Wildman–Crippen MR) is 162 cm³/mol. The van der Waals surface area contributed by atoms with Crippen molar-refractivity contribution in [3.63, 3.8) is 0 Å². The first-order valence-corrected chi connectivity index (χ1v) is 15.3. The standard InChI is InChI=1S/C31H27ClN4O5S/c1-20(37)25-17-28(34-29-18-30(33-19-26(25)29)35(2)42(3,39)40)23-8-5-21(6-9-23)4-7-22-10-11-24(16-27(22)32)31(38)36-12-14-41-15-13-36/h5-6,8-11,16-19H,12-15H2,1-3H3. The van der Waals surface area contributed by atoms with Crippen LogP contribution in [0.1, 0.15) is 38.8 Å². The Balaban J connectivity index is 1.40. The molecule has 0 spiro atoms. The molecule has 1 saturated heterocycles. The number of aromatic nitrogens is 2. The second-order valence-corrected chi connectivity index (χ2v) is 12.2. The van der Waals surface area contributed by atoms with Gasteiger partial charge >= 0.3 is 0 Å². The molecule has 214 valence electrons. The van der Waals surface area contributed by atoms with Crippen LogP contribution in [0.25, 0.3) is 22.2 Å². The molecule has 1 fully saturated rings. The van der Waals surface area contributed by atoms with Crippen molar-refractivity contribution >= 4 is 50.0 Å². The molecule has 11 heteroatoms. The van der Waals surface area contributed by atoms with Gasteiger partial charge in [0, 0.05) is 65.6 Å². The van der Waals surface area contributed by atoms with E-state index in [2.05, 4.69) is 16.8 Å². The average Bonchev–Trinajstić information content (AvgIpc) is 2.99. The molecule has 3 heterocycles. The van der Waals surface area contributed by atoms with Crippen LogP contribution in [-0.2, 0) is 14.8 Å². The molecule has 42 heavy (non-hydrogen) atoms. The van der Waals surface area contributed by atoms with E-state index in [1.54, 1.807) is 35.2 Å². The molecule has 4 aromatic rings. The molecule has 9 nitrogen and oxygen atoms in total. The van der Waals surface area contributed by atoms with Crippen LogP contribution in [-0.4, -0.2) is 74.6 Å². The molecule has 0 unspecified atom stereocenters. The number of hydrogen-bond acceptors (Lipinski definition) is 7. The third-order valence-corrected chi connectivity index (χ3v) is 8.41. The lowest BCUT2D eigenvalue weighted by Gasteiger charge is -2.26. The highest BCUT2D eigenvalue weighted by molar-refractivity contribution is 7.92. The summed E-state index contributed by atoms with van der Waals surface area (Å²) < 4.78 is 30.4. The van der Waals surface area contributed by atoms with Crippen molar-refractivity contribution < 1.29 is 22.7 Å². The van der Waals surface area contributed by atoms with Crippen molar-refractivity contribution in [1.29, 1.82) is 0 Å². The third kappa shape index (κ3) is 6.29. The summed E-state index contributed by atoms with van der Waals surface area (Å²) in [7, 11) is -2.12. The van der Waals surface area contributed by atoms with Crippen LogP contribution in [0, 0.1) is 11.8 Å². The van der Waals surface area contributed by atoms with Gasteiger partial charge < -0.3 is 9.64 Å². The number of pyridine rings is 2. The number of morpholine rings is 1. The Hall–Kier alpha value is -4.30. The average molecular weight is 603 g/mol. The van der Waals surface area contributed by atoms with Crippen LogP contribution in [0.15, 0.2) is 60.8 Å². The third-order valence-electron chi connectivity index (χ3n) is 6.92. The molecule has 5 rings (SSSR count). The van der Waals surface area contributed by atoms with Crippen LogP contribution in [0.2, 0.25) is 5.02 Å². The number of fused-ring (bicyclic) bond motifs is 1. The number of Topliss-reactive ketones (excluding diaryl/α,β-unsaturated/α-hetero) is 1. The highest BCUT2D eigenvalue weighted by Crippen LogP contribution is 2.28. The van der Waals surface area contributed by atoms with Gasteiger partial charge in [-0.2, -0.15) is 0 Å². The van der Waals surface area contributed by atoms with E-state index < -0.39 is 10.0 Å². The van der Waals surface area contributed by atoms with Crippen molar-refractivity contribution in [2.75, 3.05) is 43.9 Å². The Morgan fingerprint density at radius 2 is 1.74 bits per heavy atom. The maximum atomic E-state index is 12.7. The van der Waals surface area contributed by atoms with Gasteiger partial charge in [0.1, 0.15) is 5.82 Å². The lowest BCUT2D eigenvalue weighted by Crippen LogP contribution is -2.40. The number of hydrogen-bond donors (Lipinski definition) is 0. The van der Waals surface area contributed by atoms with E-state index in [9.17, 15) is 18.0 Å². The maximum Gasteiger partial charge on any atom is 0.254 e. The number of carbonyl (C=O) groups is 2. The molecule has 0 bridgehead atoms. The number of benzene rings is 2. The van der Waals surface area contributed by atoms with Crippen LogP contribution >= 0.6 is 11.6 Å². The Morgan fingerprint density at radius 3 is 2.38 bits per heavy atom. The van der Waals surface area contributed by atoms with Crippen LogP contribution < -0.4 is 4.31 Å². The Labute approximate surface area is 249 Å². The van der Waals surface area contributed by atoms with E-state index in [-0.39, 0.29) is 17.5 Å². The summed E-state index contributed by atoms with van der Waals surface area (Å²) in [6.45, 7) is 3.62. The zero-order chi connectivity index (χ0) is 30.0. The first kappa shape index (κ1) is 29.2. The van der Waals surface area contributed by atoms with E-state index >= 15 is 0 Å². The van der Waals surface area contributed by atoms with Gasteiger partial charge in [-0.3, -0.25) is 13.9 Å². The van der Waals surface area contributed by atoms with E-state index in [0.29, 0.717) is 64.6 Å². The summed E-state index contributed by atoms with van der Waals surface area (Å²) in [5.74, 6) is 6.12. The van der Waals surface area contributed by atoms with Crippen molar-refractivity contribution in [3.8, 4) is 23.1 Å². The molecule has 0 atom stereocenters. The van der Waals surface area contributed by atoms with Gasteiger partial charge in [0.2, 0.25) is 10.0 Å². The second-order valence-electron chi connectivity index (χ2n) is 9.83. The molecule has 1 amide bonds. The van der Waals surface area contributed by atoms with Gasteiger partial charge in [0.05, 0.1) is 35.7 Å². The first-order chi connectivity index (χ1) is 20.0. The van der Waals surface area contributed by atoms with Crippen LogP contribution in [0.3, 0.4) is 0 Å². The smallest absolute Gasteiger partial charge is 0.254 e. The summed E-state index contributed by atoms with van der Waals surface area (Å²) in [6.07, 6.45) is 2.56. The topological polar surface area (TPSA) is 110 Å². The molecule has 0 saturated carbocycles. The number of amides is 1.